The molecule has 1 saturated carbocycles. The predicted molar refractivity (Wildman–Crippen MR) is 83.1 cm³/mol. The van der Waals surface area contributed by atoms with Crippen molar-refractivity contribution in [3.05, 3.63) is 45.0 Å². The molecule has 2 aromatic rings. The molecule has 0 radical (unpaired) electrons. The van der Waals surface area contributed by atoms with Crippen LogP contribution >= 0.6 is 0 Å². The van der Waals surface area contributed by atoms with Crippen molar-refractivity contribution in [1.82, 2.24) is 20.0 Å². The summed E-state index contributed by atoms with van der Waals surface area (Å²) in [6.45, 7) is 6.18. The van der Waals surface area contributed by atoms with E-state index in [1.807, 2.05) is 13.0 Å². The smallest absolute Gasteiger partial charge is 0.263 e. The maximum absolute atomic E-state index is 12.7. The number of amides is 1. The fourth-order valence-electron chi connectivity index (χ4n) is 2.65. The number of rotatable bonds is 5. The normalized spacial score (nSPS) is 14.0. The Morgan fingerprint density at radius 2 is 2.13 bits per heavy atom. The predicted octanol–water partition coefficient (Wildman–Crippen LogP) is 1.50. The first-order valence-corrected chi connectivity index (χ1v) is 7.74. The Hall–Kier alpha value is -2.44. The third kappa shape index (κ3) is 3.33. The van der Waals surface area contributed by atoms with Gasteiger partial charge < -0.3 is 14.4 Å². The minimum absolute atomic E-state index is 0.106. The van der Waals surface area contributed by atoms with E-state index in [-0.39, 0.29) is 17.7 Å². The van der Waals surface area contributed by atoms with Crippen LogP contribution in [0.4, 0.5) is 0 Å². The topological polar surface area (TPSA) is 90.0 Å². The summed E-state index contributed by atoms with van der Waals surface area (Å²) < 4.78 is 6.66. The van der Waals surface area contributed by atoms with E-state index in [2.05, 4.69) is 15.5 Å². The number of aromatic nitrogens is 3. The highest BCUT2D eigenvalue weighted by molar-refractivity contribution is 5.95. The summed E-state index contributed by atoms with van der Waals surface area (Å²) in [6, 6.07) is 1.88. The van der Waals surface area contributed by atoms with Crippen LogP contribution in [0.1, 0.15) is 46.2 Å². The van der Waals surface area contributed by atoms with Gasteiger partial charge in [0.1, 0.15) is 5.56 Å². The maximum atomic E-state index is 12.7. The van der Waals surface area contributed by atoms with E-state index in [1.165, 1.54) is 0 Å². The van der Waals surface area contributed by atoms with Crippen LogP contribution in [0.5, 0.6) is 0 Å². The Bertz CT molecular complexity index is 802. The lowest BCUT2D eigenvalue weighted by molar-refractivity contribution is 0.0943. The van der Waals surface area contributed by atoms with Crippen molar-refractivity contribution in [3.63, 3.8) is 0 Å². The molecular formula is C16H20N4O3. The molecule has 122 valence electrons. The molecule has 23 heavy (non-hydrogen) atoms. The second-order valence-corrected chi connectivity index (χ2v) is 6.12. The first kappa shape index (κ1) is 15.5. The number of nitrogens with one attached hydrogen (secondary N) is 1. The zero-order chi connectivity index (χ0) is 16.6. The molecule has 1 fully saturated rings. The van der Waals surface area contributed by atoms with Gasteiger partial charge in [-0.05, 0) is 51.2 Å². The lowest BCUT2D eigenvalue weighted by Gasteiger charge is -2.13. The van der Waals surface area contributed by atoms with Crippen molar-refractivity contribution in [2.75, 3.05) is 0 Å². The summed E-state index contributed by atoms with van der Waals surface area (Å²) in [7, 11) is 0. The van der Waals surface area contributed by atoms with E-state index in [9.17, 15) is 9.59 Å². The lowest BCUT2D eigenvalue weighted by Crippen LogP contribution is -2.35. The van der Waals surface area contributed by atoms with Gasteiger partial charge in [0, 0.05) is 12.2 Å². The minimum Gasteiger partial charge on any atom is -0.343 e. The highest BCUT2D eigenvalue weighted by Crippen LogP contribution is 2.30. The molecule has 3 rings (SSSR count). The van der Waals surface area contributed by atoms with Crippen LogP contribution in [0.3, 0.4) is 0 Å². The molecule has 0 saturated heterocycles. The minimum atomic E-state index is -0.409. The second kappa shape index (κ2) is 5.98. The maximum Gasteiger partial charge on any atom is 0.263 e. The van der Waals surface area contributed by atoms with Crippen LogP contribution in [0.25, 0.3) is 0 Å². The Morgan fingerprint density at radius 1 is 1.39 bits per heavy atom. The summed E-state index contributed by atoms with van der Waals surface area (Å²) >= 11 is 0. The molecule has 0 atom stereocenters. The molecule has 1 aliphatic carbocycles. The van der Waals surface area contributed by atoms with Gasteiger partial charge in [0.2, 0.25) is 5.89 Å². The van der Waals surface area contributed by atoms with Gasteiger partial charge in [-0.1, -0.05) is 5.16 Å². The summed E-state index contributed by atoms with van der Waals surface area (Å²) in [5.41, 5.74) is 1.53. The molecule has 0 aromatic carbocycles. The molecule has 0 spiro atoms. The standard InChI is InChI=1S/C16H20N4O3/c1-9-6-10(2)20(8-12-4-5-12)16(22)14(9)15(21)17-7-13-18-11(3)19-23-13/h6,12H,4-5,7-8H2,1-3H3,(H,17,21). The average molecular weight is 316 g/mol. The fourth-order valence-corrected chi connectivity index (χ4v) is 2.65. The van der Waals surface area contributed by atoms with E-state index in [0.717, 1.165) is 18.5 Å². The van der Waals surface area contributed by atoms with E-state index in [1.54, 1.807) is 18.4 Å². The SMILES string of the molecule is Cc1noc(CNC(=O)c2c(C)cc(C)n(CC3CC3)c2=O)n1. The third-order valence-electron chi connectivity index (χ3n) is 4.04. The Labute approximate surface area is 133 Å². The molecular weight excluding hydrogens is 296 g/mol. The average Bonchev–Trinajstić information content (AvgIpc) is 3.21. The largest absolute Gasteiger partial charge is 0.343 e. The van der Waals surface area contributed by atoms with Crippen molar-refractivity contribution in [2.24, 2.45) is 5.92 Å². The summed E-state index contributed by atoms with van der Waals surface area (Å²) in [5, 5.41) is 6.34. The van der Waals surface area contributed by atoms with Crippen molar-refractivity contribution < 1.29 is 9.32 Å². The highest BCUT2D eigenvalue weighted by Gasteiger charge is 2.25. The van der Waals surface area contributed by atoms with E-state index < -0.39 is 5.91 Å². The van der Waals surface area contributed by atoms with Gasteiger partial charge in [0.05, 0.1) is 6.54 Å². The Morgan fingerprint density at radius 3 is 2.74 bits per heavy atom. The number of hydrogen-bond acceptors (Lipinski definition) is 5. The number of carbonyl (C=O) groups excluding carboxylic acids is 1. The van der Waals surface area contributed by atoms with Crippen LogP contribution in [0, 0.1) is 26.7 Å². The molecule has 7 nitrogen and oxygen atoms in total. The number of aryl methyl sites for hydroxylation is 3. The second-order valence-electron chi connectivity index (χ2n) is 6.12. The first-order valence-electron chi connectivity index (χ1n) is 7.74. The molecule has 0 aliphatic heterocycles. The monoisotopic (exact) mass is 316 g/mol. The van der Waals surface area contributed by atoms with Crippen LogP contribution in [0.2, 0.25) is 0 Å². The van der Waals surface area contributed by atoms with Crippen molar-refractivity contribution >= 4 is 5.91 Å². The van der Waals surface area contributed by atoms with Gasteiger partial charge in [-0.3, -0.25) is 9.59 Å². The van der Waals surface area contributed by atoms with E-state index in [4.69, 9.17) is 4.52 Å². The zero-order valence-corrected chi connectivity index (χ0v) is 13.5. The molecule has 1 aliphatic rings. The van der Waals surface area contributed by atoms with Crippen LogP contribution in [-0.2, 0) is 13.1 Å². The third-order valence-corrected chi connectivity index (χ3v) is 4.04. The quantitative estimate of drug-likeness (QED) is 0.902. The lowest BCUT2D eigenvalue weighted by atomic mass is 10.1. The van der Waals surface area contributed by atoms with Gasteiger partial charge >= 0.3 is 0 Å². The molecule has 1 amide bonds. The molecule has 0 unspecified atom stereocenters. The molecule has 7 heteroatoms. The molecule has 1 N–H and O–H groups in total. The van der Waals surface area contributed by atoms with Gasteiger partial charge in [0.25, 0.3) is 11.5 Å². The van der Waals surface area contributed by atoms with Gasteiger partial charge in [-0.2, -0.15) is 4.98 Å². The van der Waals surface area contributed by atoms with Crippen LogP contribution in [0.15, 0.2) is 15.4 Å². The number of hydrogen-bond donors (Lipinski definition) is 1. The highest BCUT2D eigenvalue weighted by atomic mass is 16.5. The van der Waals surface area contributed by atoms with Crippen LogP contribution in [-0.4, -0.2) is 20.6 Å². The summed E-state index contributed by atoms with van der Waals surface area (Å²) in [4.78, 5) is 29.1. The zero-order valence-electron chi connectivity index (χ0n) is 13.5. The number of carbonyl (C=O) groups is 1. The van der Waals surface area contributed by atoms with E-state index in [0.29, 0.717) is 29.7 Å². The molecule has 0 bridgehead atoms. The summed E-state index contributed by atoms with van der Waals surface area (Å²) in [6.07, 6.45) is 2.30. The van der Waals surface area contributed by atoms with Gasteiger partial charge in [-0.15, -0.1) is 0 Å². The molecule has 2 aromatic heterocycles. The van der Waals surface area contributed by atoms with Crippen molar-refractivity contribution in [3.8, 4) is 0 Å². The Kier molecular flexibility index (Phi) is 4.02. The van der Waals surface area contributed by atoms with Crippen LogP contribution < -0.4 is 10.9 Å². The number of nitrogens with zero attached hydrogens (tertiary/aromatic N) is 3. The Balaban J connectivity index is 1.82. The van der Waals surface area contributed by atoms with Crippen molar-refractivity contribution in [2.45, 2.75) is 46.7 Å². The van der Waals surface area contributed by atoms with Gasteiger partial charge in [0.15, 0.2) is 5.82 Å². The van der Waals surface area contributed by atoms with Gasteiger partial charge in [-0.25, -0.2) is 0 Å². The summed E-state index contributed by atoms with van der Waals surface area (Å²) in [5.74, 6) is 0.978. The fraction of sp³-hybridized carbons (Fsp3) is 0.500. The molecule has 2 heterocycles. The first-order chi connectivity index (χ1) is 11.0. The number of pyridine rings is 1. The van der Waals surface area contributed by atoms with E-state index >= 15 is 0 Å². The van der Waals surface area contributed by atoms with Crippen molar-refractivity contribution in [1.29, 1.82) is 0 Å².